The summed E-state index contributed by atoms with van der Waals surface area (Å²) in [4.78, 5) is 11.4. The highest BCUT2D eigenvalue weighted by molar-refractivity contribution is 5.70. The first-order chi connectivity index (χ1) is 9.07. The standard InChI is InChI=1S/C16H23NO3/c1-14(2)10-16(9-13(18)19,15(3,4)17)11-7-5-6-8-12(11)20-14/h5-8H,9-10,17H2,1-4H3,(H,18,19). The van der Waals surface area contributed by atoms with Crippen LogP contribution in [0.2, 0.25) is 0 Å². The van der Waals surface area contributed by atoms with E-state index in [9.17, 15) is 9.90 Å². The molecule has 0 saturated heterocycles. The zero-order valence-corrected chi connectivity index (χ0v) is 12.6. The Morgan fingerprint density at radius 2 is 2.00 bits per heavy atom. The fourth-order valence-electron chi connectivity index (χ4n) is 3.33. The first kappa shape index (κ1) is 14.9. The number of aliphatic carboxylic acids is 1. The lowest BCUT2D eigenvalue weighted by molar-refractivity contribution is -0.140. The van der Waals surface area contributed by atoms with Gasteiger partial charge in [0.25, 0.3) is 0 Å². The zero-order valence-electron chi connectivity index (χ0n) is 12.6. The highest BCUT2D eigenvalue weighted by atomic mass is 16.5. The normalized spacial score (nSPS) is 24.6. The monoisotopic (exact) mass is 277 g/mol. The Labute approximate surface area is 119 Å². The molecule has 1 aromatic carbocycles. The summed E-state index contributed by atoms with van der Waals surface area (Å²) in [7, 11) is 0. The van der Waals surface area contributed by atoms with Crippen molar-refractivity contribution in [3.8, 4) is 5.75 Å². The summed E-state index contributed by atoms with van der Waals surface area (Å²) in [5.41, 5.74) is 5.56. The van der Waals surface area contributed by atoms with Crippen LogP contribution in [0, 0.1) is 0 Å². The zero-order chi connectivity index (χ0) is 15.2. The molecule has 20 heavy (non-hydrogen) atoms. The van der Waals surface area contributed by atoms with Gasteiger partial charge in [0.2, 0.25) is 0 Å². The molecule has 0 saturated carbocycles. The van der Waals surface area contributed by atoms with Crippen LogP contribution in [0.4, 0.5) is 0 Å². The maximum absolute atomic E-state index is 11.4. The Balaban J connectivity index is 2.69. The van der Waals surface area contributed by atoms with Gasteiger partial charge < -0.3 is 15.6 Å². The second kappa shape index (κ2) is 4.48. The smallest absolute Gasteiger partial charge is 0.304 e. The van der Waals surface area contributed by atoms with Crippen LogP contribution in [0.25, 0.3) is 0 Å². The summed E-state index contributed by atoms with van der Waals surface area (Å²) in [5, 5.41) is 9.39. The van der Waals surface area contributed by atoms with Crippen molar-refractivity contribution in [2.45, 2.75) is 57.1 Å². The van der Waals surface area contributed by atoms with Gasteiger partial charge in [0.05, 0.1) is 6.42 Å². The van der Waals surface area contributed by atoms with Crippen LogP contribution in [0.5, 0.6) is 5.75 Å². The minimum atomic E-state index is -0.837. The van der Waals surface area contributed by atoms with Crippen LogP contribution in [0.15, 0.2) is 24.3 Å². The highest BCUT2D eigenvalue weighted by Gasteiger charge is 2.53. The van der Waals surface area contributed by atoms with E-state index in [1.165, 1.54) is 0 Å². The molecule has 1 heterocycles. The van der Waals surface area contributed by atoms with Crippen molar-refractivity contribution in [1.82, 2.24) is 0 Å². The van der Waals surface area contributed by atoms with Crippen molar-refractivity contribution >= 4 is 5.97 Å². The minimum absolute atomic E-state index is 0.000301. The van der Waals surface area contributed by atoms with E-state index < -0.39 is 22.5 Å². The number of benzene rings is 1. The molecule has 3 N–H and O–H groups in total. The number of para-hydroxylation sites is 1. The van der Waals surface area contributed by atoms with Gasteiger partial charge in [0, 0.05) is 16.5 Å². The molecule has 1 atom stereocenters. The SMILES string of the molecule is CC1(C)CC(CC(=O)O)(C(C)(C)N)c2ccccc2O1. The number of hydrogen-bond donors (Lipinski definition) is 2. The molecule has 4 nitrogen and oxygen atoms in total. The van der Waals surface area contributed by atoms with Crippen molar-refractivity contribution in [3.63, 3.8) is 0 Å². The number of rotatable bonds is 3. The van der Waals surface area contributed by atoms with Gasteiger partial charge in [0.1, 0.15) is 11.4 Å². The molecule has 0 radical (unpaired) electrons. The molecule has 1 unspecified atom stereocenters. The molecule has 0 amide bonds. The van der Waals surface area contributed by atoms with Gasteiger partial charge in [-0.2, -0.15) is 0 Å². The van der Waals surface area contributed by atoms with Gasteiger partial charge in [0.15, 0.2) is 0 Å². The summed E-state index contributed by atoms with van der Waals surface area (Å²) >= 11 is 0. The van der Waals surface area contributed by atoms with E-state index >= 15 is 0 Å². The van der Waals surface area contributed by atoms with Gasteiger partial charge in [-0.15, -0.1) is 0 Å². The van der Waals surface area contributed by atoms with Crippen molar-refractivity contribution in [3.05, 3.63) is 29.8 Å². The van der Waals surface area contributed by atoms with E-state index in [1.54, 1.807) is 0 Å². The molecule has 4 heteroatoms. The van der Waals surface area contributed by atoms with E-state index in [0.29, 0.717) is 6.42 Å². The Bertz CT molecular complexity index is 531. The van der Waals surface area contributed by atoms with Crippen molar-refractivity contribution in [1.29, 1.82) is 0 Å². The van der Waals surface area contributed by atoms with E-state index in [-0.39, 0.29) is 6.42 Å². The lowest BCUT2D eigenvalue weighted by Crippen LogP contribution is -2.60. The van der Waals surface area contributed by atoms with Gasteiger partial charge in [-0.3, -0.25) is 4.79 Å². The number of carboxylic acid groups (broad SMARTS) is 1. The van der Waals surface area contributed by atoms with Crippen molar-refractivity contribution < 1.29 is 14.6 Å². The largest absolute Gasteiger partial charge is 0.488 e. The summed E-state index contributed by atoms with van der Waals surface area (Å²) < 4.78 is 6.00. The number of ether oxygens (including phenoxy) is 1. The van der Waals surface area contributed by atoms with Crippen LogP contribution < -0.4 is 10.5 Å². The molecule has 0 fully saturated rings. The fraction of sp³-hybridized carbons (Fsp3) is 0.562. The molecule has 2 rings (SSSR count). The molecular formula is C16H23NO3. The molecule has 110 valence electrons. The van der Waals surface area contributed by atoms with Gasteiger partial charge in [-0.05, 0) is 40.2 Å². The Morgan fingerprint density at radius 1 is 1.40 bits per heavy atom. The molecule has 1 aliphatic rings. The maximum atomic E-state index is 11.4. The van der Waals surface area contributed by atoms with Crippen LogP contribution in [-0.4, -0.2) is 22.2 Å². The molecule has 0 aromatic heterocycles. The van der Waals surface area contributed by atoms with E-state index in [4.69, 9.17) is 10.5 Å². The minimum Gasteiger partial charge on any atom is -0.488 e. The maximum Gasteiger partial charge on any atom is 0.304 e. The molecule has 0 aliphatic carbocycles. The van der Waals surface area contributed by atoms with E-state index in [0.717, 1.165) is 11.3 Å². The third-order valence-corrected chi connectivity index (χ3v) is 4.20. The Kier molecular flexibility index (Phi) is 3.33. The lowest BCUT2D eigenvalue weighted by Gasteiger charge is -2.52. The summed E-state index contributed by atoms with van der Waals surface area (Å²) in [6, 6.07) is 7.62. The van der Waals surface area contributed by atoms with Crippen LogP contribution in [0.3, 0.4) is 0 Å². The van der Waals surface area contributed by atoms with Gasteiger partial charge in [-0.25, -0.2) is 0 Å². The quantitative estimate of drug-likeness (QED) is 0.891. The molecular weight excluding hydrogens is 254 g/mol. The van der Waals surface area contributed by atoms with Crippen molar-refractivity contribution in [2.24, 2.45) is 5.73 Å². The molecule has 1 aromatic rings. The van der Waals surface area contributed by atoms with Gasteiger partial charge >= 0.3 is 5.97 Å². The van der Waals surface area contributed by atoms with E-state index in [1.807, 2.05) is 52.0 Å². The molecule has 0 spiro atoms. The number of carbonyl (C=O) groups is 1. The number of hydrogen-bond acceptors (Lipinski definition) is 3. The summed E-state index contributed by atoms with van der Waals surface area (Å²) in [6.45, 7) is 7.75. The molecule has 1 aliphatic heterocycles. The highest BCUT2D eigenvalue weighted by Crippen LogP contribution is 2.51. The lowest BCUT2D eigenvalue weighted by atomic mass is 9.59. The Hall–Kier alpha value is -1.55. The average Bonchev–Trinajstić information content (AvgIpc) is 2.24. The average molecular weight is 277 g/mol. The summed E-state index contributed by atoms with van der Waals surface area (Å²) in [6.07, 6.45) is 0.577. The second-order valence-electron chi connectivity index (χ2n) is 6.91. The summed E-state index contributed by atoms with van der Waals surface area (Å²) in [5.74, 6) is -0.0976. The topological polar surface area (TPSA) is 72.5 Å². The van der Waals surface area contributed by atoms with Crippen LogP contribution >= 0.6 is 0 Å². The number of fused-ring (bicyclic) bond motifs is 1. The first-order valence-electron chi connectivity index (χ1n) is 6.87. The first-order valence-corrected chi connectivity index (χ1v) is 6.87. The number of nitrogens with two attached hydrogens (primary N) is 1. The van der Waals surface area contributed by atoms with Crippen LogP contribution in [-0.2, 0) is 10.2 Å². The van der Waals surface area contributed by atoms with Crippen LogP contribution in [0.1, 0.15) is 46.1 Å². The van der Waals surface area contributed by atoms with Gasteiger partial charge in [-0.1, -0.05) is 18.2 Å². The predicted molar refractivity (Wildman–Crippen MR) is 78.0 cm³/mol. The fourth-order valence-corrected chi connectivity index (χ4v) is 3.33. The van der Waals surface area contributed by atoms with Crippen molar-refractivity contribution in [2.75, 3.05) is 0 Å². The third kappa shape index (κ3) is 2.40. The third-order valence-electron chi connectivity index (χ3n) is 4.20. The molecule has 0 bridgehead atoms. The Morgan fingerprint density at radius 3 is 2.55 bits per heavy atom. The predicted octanol–water partition coefficient (Wildman–Crippen LogP) is 2.70. The van der Waals surface area contributed by atoms with E-state index in [2.05, 4.69) is 0 Å². The number of carboxylic acids is 1. The second-order valence-corrected chi connectivity index (χ2v) is 6.91.